The highest BCUT2D eigenvalue weighted by Crippen LogP contribution is 2.25. The van der Waals surface area contributed by atoms with Gasteiger partial charge in [0.05, 0.1) is 17.6 Å². The van der Waals surface area contributed by atoms with Gasteiger partial charge in [0, 0.05) is 29.7 Å². The van der Waals surface area contributed by atoms with Gasteiger partial charge in [-0.2, -0.15) is 13.2 Å². The van der Waals surface area contributed by atoms with E-state index in [1.807, 2.05) is 5.32 Å². The molecule has 1 aliphatic heterocycles. The summed E-state index contributed by atoms with van der Waals surface area (Å²) in [7, 11) is 0. The Bertz CT molecular complexity index is 1600. The molecule has 2 N–H and O–H groups in total. The number of aromatic nitrogens is 7. The first-order chi connectivity index (χ1) is 19.5. The fraction of sp³-hybridized carbons (Fsp3) is 0.333. The molecule has 1 aliphatic rings. The summed E-state index contributed by atoms with van der Waals surface area (Å²) >= 11 is 12.1. The maximum absolute atomic E-state index is 14.1. The molecule has 41 heavy (non-hydrogen) atoms. The van der Waals surface area contributed by atoms with Crippen molar-refractivity contribution in [3.63, 3.8) is 0 Å². The molecule has 2 unspecified atom stereocenters. The molecule has 0 bridgehead atoms. The fourth-order valence-electron chi connectivity index (χ4n) is 4.25. The number of hydrogen-bond acceptors (Lipinski definition) is 7. The van der Waals surface area contributed by atoms with E-state index in [2.05, 4.69) is 25.5 Å². The van der Waals surface area contributed by atoms with E-state index in [-0.39, 0.29) is 37.0 Å². The van der Waals surface area contributed by atoms with Gasteiger partial charge >= 0.3 is 11.9 Å². The van der Waals surface area contributed by atoms with Gasteiger partial charge in [-0.3, -0.25) is 9.36 Å². The second-order valence-electron chi connectivity index (χ2n) is 9.19. The number of carbonyl (C=O) groups excluding carboxylic acids is 1. The molecule has 17 heteroatoms. The summed E-state index contributed by atoms with van der Waals surface area (Å²) in [6.45, 7) is -1.43. The molecule has 4 heterocycles. The van der Waals surface area contributed by atoms with Crippen molar-refractivity contribution >= 4 is 29.1 Å². The number of halogens is 6. The van der Waals surface area contributed by atoms with Crippen LogP contribution in [-0.2, 0) is 17.9 Å². The average Bonchev–Trinajstić information content (AvgIpc) is 3.64. The number of amides is 1. The highest BCUT2D eigenvalue weighted by molar-refractivity contribution is 6.32. The maximum atomic E-state index is 14.1. The summed E-state index contributed by atoms with van der Waals surface area (Å²) in [5.74, 6) is -0.740. The van der Waals surface area contributed by atoms with Crippen molar-refractivity contribution in [2.75, 3.05) is 6.54 Å². The number of nitrogens with one attached hydrogen (secondary N) is 2. The van der Waals surface area contributed by atoms with Crippen molar-refractivity contribution in [3.8, 4) is 17.2 Å². The number of carbonyl (C=O) groups is 1. The lowest BCUT2D eigenvalue weighted by Gasteiger charge is -2.24. The van der Waals surface area contributed by atoms with E-state index in [1.54, 1.807) is 12.1 Å². The van der Waals surface area contributed by atoms with Crippen LogP contribution in [-0.4, -0.2) is 71.0 Å². The zero-order valence-corrected chi connectivity index (χ0v) is 22.4. The molecule has 0 saturated carbocycles. The molecular formula is C24H21Cl2F4N9O2. The molecule has 0 spiro atoms. The van der Waals surface area contributed by atoms with Gasteiger partial charge in [0.2, 0.25) is 5.91 Å². The van der Waals surface area contributed by atoms with Gasteiger partial charge in [-0.1, -0.05) is 23.2 Å². The van der Waals surface area contributed by atoms with E-state index in [9.17, 15) is 27.2 Å². The van der Waals surface area contributed by atoms with Crippen molar-refractivity contribution in [1.29, 1.82) is 0 Å². The number of rotatable bonds is 8. The smallest absolute Gasteiger partial charge is 0.342 e. The van der Waals surface area contributed by atoms with Gasteiger partial charge < -0.3 is 10.6 Å². The van der Waals surface area contributed by atoms with Crippen LogP contribution in [0.5, 0.6) is 0 Å². The van der Waals surface area contributed by atoms with Crippen LogP contribution in [0, 0.1) is 0 Å². The number of nitrogens with zero attached hydrogens (tertiary/aromatic N) is 7. The summed E-state index contributed by atoms with van der Waals surface area (Å²) in [6.07, 6.45) is -3.72. The molecule has 1 aromatic carbocycles. The number of benzene rings is 1. The summed E-state index contributed by atoms with van der Waals surface area (Å²) < 4.78 is 58.8. The summed E-state index contributed by atoms with van der Waals surface area (Å²) in [5, 5.41) is 13.6. The largest absolute Gasteiger partial charge is 0.410 e. The molecule has 3 atom stereocenters. The normalized spacial score (nSPS) is 18.0. The van der Waals surface area contributed by atoms with Crippen molar-refractivity contribution in [2.45, 2.75) is 43.9 Å². The molecule has 216 valence electrons. The van der Waals surface area contributed by atoms with E-state index in [0.717, 1.165) is 9.25 Å². The van der Waals surface area contributed by atoms with Gasteiger partial charge in [-0.15, -0.1) is 10.2 Å². The van der Waals surface area contributed by atoms with Crippen LogP contribution < -0.4 is 16.3 Å². The van der Waals surface area contributed by atoms with Gasteiger partial charge in [0.1, 0.15) is 25.1 Å². The third-order valence-electron chi connectivity index (χ3n) is 6.28. The number of hydrogen-bond donors (Lipinski definition) is 2. The molecule has 11 nitrogen and oxygen atoms in total. The quantitative estimate of drug-likeness (QED) is 0.293. The second kappa shape index (κ2) is 11.6. The van der Waals surface area contributed by atoms with Gasteiger partial charge in [0.15, 0.2) is 17.5 Å². The minimum atomic E-state index is -4.94. The zero-order valence-electron chi connectivity index (χ0n) is 20.9. The molecular weight excluding hydrogens is 593 g/mol. The number of pyridine rings is 1. The first-order valence-corrected chi connectivity index (χ1v) is 12.9. The molecule has 4 aromatic rings. The predicted molar refractivity (Wildman–Crippen MR) is 139 cm³/mol. The monoisotopic (exact) mass is 613 g/mol. The van der Waals surface area contributed by atoms with Crippen LogP contribution in [0.1, 0.15) is 12.2 Å². The van der Waals surface area contributed by atoms with E-state index >= 15 is 0 Å². The topological polar surface area (TPSA) is 125 Å². The van der Waals surface area contributed by atoms with E-state index in [4.69, 9.17) is 23.2 Å². The lowest BCUT2D eigenvalue weighted by atomic mass is 10.1. The number of alkyl halides is 4. The molecule has 3 aromatic heterocycles. The van der Waals surface area contributed by atoms with Gasteiger partial charge in [-0.25, -0.2) is 28.5 Å². The SMILES string of the molecule is O=C(NC(Cn1c(-c2ccc(Cl)cc2)nn(Cc2ncn(-c3ncccc3Cl)n2)c1=O)C(F)(F)F)C1C[C@@H](F)CN1. The van der Waals surface area contributed by atoms with Crippen molar-refractivity contribution in [2.24, 2.45) is 0 Å². The average molecular weight is 614 g/mol. The third-order valence-corrected chi connectivity index (χ3v) is 6.83. The minimum Gasteiger partial charge on any atom is -0.342 e. The van der Waals surface area contributed by atoms with Crippen molar-refractivity contribution in [3.05, 3.63) is 75.3 Å². The van der Waals surface area contributed by atoms with Crippen LogP contribution in [0.25, 0.3) is 17.2 Å². The lowest BCUT2D eigenvalue weighted by Crippen LogP contribution is -2.53. The highest BCUT2D eigenvalue weighted by Gasteiger charge is 2.43. The zero-order chi connectivity index (χ0) is 29.3. The maximum Gasteiger partial charge on any atom is 0.410 e. The molecule has 1 amide bonds. The molecule has 0 aliphatic carbocycles. The Balaban J connectivity index is 1.47. The van der Waals surface area contributed by atoms with Gasteiger partial charge in [0.25, 0.3) is 0 Å². The van der Waals surface area contributed by atoms with Crippen LogP contribution in [0.2, 0.25) is 10.0 Å². The third kappa shape index (κ3) is 6.41. The Morgan fingerprint density at radius 3 is 2.56 bits per heavy atom. The van der Waals surface area contributed by atoms with Crippen LogP contribution >= 0.6 is 23.2 Å². The second-order valence-corrected chi connectivity index (χ2v) is 10.0. The van der Waals surface area contributed by atoms with Crippen LogP contribution in [0.3, 0.4) is 0 Å². The Morgan fingerprint density at radius 1 is 1.15 bits per heavy atom. The van der Waals surface area contributed by atoms with E-state index < -0.39 is 42.6 Å². The first kappa shape index (κ1) is 28.7. The molecule has 0 radical (unpaired) electrons. The van der Waals surface area contributed by atoms with Gasteiger partial charge in [-0.05, 0) is 36.4 Å². The minimum absolute atomic E-state index is 0.106. The summed E-state index contributed by atoms with van der Waals surface area (Å²) in [6, 6.07) is 5.61. The molecule has 1 saturated heterocycles. The van der Waals surface area contributed by atoms with Crippen LogP contribution in [0.4, 0.5) is 17.6 Å². The standard InChI is InChI=1S/C24H21Cl2F4N9O2/c25-14-5-3-13(4-6-14)20-36-38(11-19-33-12-39(35-19)21-16(26)2-1-7-31-21)23(41)37(20)10-18(24(28,29)30)34-22(40)17-8-15(27)9-32-17/h1-7,12,15,17-18,32H,8-11H2,(H,34,40)/t15-,17?,18?/m1/s1. The predicted octanol–water partition coefficient (Wildman–Crippen LogP) is 2.79. The first-order valence-electron chi connectivity index (χ1n) is 12.2. The lowest BCUT2D eigenvalue weighted by molar-refractivity contribution is -0.164. The Labute approximate surface area is 239 Å². The van der Waals surface area contributed by atoms with E-state index in [0.29, 0.717) is 15.6 Å². The highest BCUT2D eigenvalue weighted by atomic mass is 35.5. The molecule has 5 rings (SSSR count). The Kier molecular flexibility index (Phi) is 8.11. The van der Waals surface area contributed by atoms with E-state index in [1.165, 1.54) is 41.5 Å². The Hall–Kier alpha value is -3.82. The summed E-state index contributed by atoms with van der Waals surface area (Å²) in [5.41, 5.74) is -0.609. The van der Waals surface area contributed by atoms with Crippen molar-refractivity contribution < 1.29 is 22.4 Å². The summed E-state index contributed by atoms with van der Waals surface area (Å²) in [4.78, 5) is 34.2. The fourth-order valence-corrected chi connectivity index (χ4v) is 4.59. The van der Waals surface area contributed by atoms with Crippen LogP contribution in [0.15, 0.2) is 53.7 Å². The Morgan fingerprint density at radius 2 is 1.90 bits per heavy atom. The molecule has 1 fully saturated rings. The van der Waals surface area contributed by atoms with Crippen molar-refractivity contribution in [1.82, 2.24) is 44.7 Å².